The van der Waals surface area contributed by atoms with Crippen LogP contribution >= 0.6 is 0 Å². The molecule has 2 heterocycles. The number of hydrogen-bond donors (Lipinski definition) is 1. The van der Waals surface area contributed by atoms with E-state index in [9.17, 15) is 13.5 Å². The lowest BCUT2D eigenvalue weighted by Gasteiger charge is -2.37. The third kappa shape index (κ3) is 6.36. The lowest BCUT2D eigenvalue weighted by molar-refractivity contribution is 0.0733. The minimum atomic E-state index is -3.85. The summed E-state index contributed by atoms with van der Waals surface area (Å²) in [7, 11) is -1.84. The lowest BCUT2D eigenvalue weighted by Crippen LogP contribution is -2.49. The fourth-order valence-electron chi connectivity index (χ4n) is 3.99. The highest BCUT2D eigenvalue weighted by molar-refractivity contribution is 7.89. The number of fused-ring (bicyclic) bond motifs is 1. The Labute approximate surface area is 203 Å². The van der Waals surface area contributed by atoms with Crippen LogP contribution in [0.25, 0.3) is 0 Å². The number of aromatic nitrogens is 1. The molecule has 8 heteroatoms. The van der Waals surface area contributed by atoms with Gasteiger partial charge in [-0.1, -0.05) is 31.8 Å². The quantitative estimate of drug-likeness (QED) is 0.607. The van der Waals surface area contributed by atoms with Crippen LogP contribution in [0, 0.1) is 17.8 Å². The van der Waals surface area contributed by atoms with Crippen molar-refractivity contribution in [2.75, 3.05) is 26.7 Å². The molecule has 3 atom stereocenters. The normalized spacial score (nSPS) is 20.9. The predicted octanol–water partition coefficient (Wildman–Crippen LogP) is 3.13. The molecule has 0 spiro atoms. The molecule has 0 saturated carbocycles. The van der Waals surface area contributed by atoms with E-state index in [0.717, 1.165) is 24.0 Å². The average molecular weight is 486 g/mol. The topological polar surface area (TPSA) is 83.0 Å². The van der Waals surface area contributed by atoms with Crippen molar-refractivity contribution in [2.24, 2.45) is 5.92 Å². The molecule has 1 aromatic carbocycles. The number of aliphatic hydroxyl groups is 1. The van der Waals surface area contributed by atoms with Gasteiger partial charge in [0.2, 0.25) is 10.0 Å². The van der Waals surface area contributed by atoms with E-state index in [4.69, 9.17) is 4.74 Å². The molecule has 1 aromatic heterocycles. The number of rotatable bonds is 7. The number of nitrogens with zero attached hydrogens (tertiary/aromatic N) is 3. The second-order valence-corrected chi connectivity index (χ2v) is 10.9. The maximum atomic E-state index is 13.5. The van der Waals surface area contributed by atoms with Crippen LogP contribution in [0.1, 0.15) is 44.7 Å². The number of sulfonamides is 1. The monoisotopic (exact) mass is 485 g/mol. The number of likely N-dealkylation sites (N-methyl/N-ethyl adjacent to an activating group) is 1. The van der Waals surface area contributed by atoms with Crippen LogP contribution in [0.4, 0.5) is 0 Å². The zero-order valence-corrected chi connectivity index (χ0v) is 21.3. The summed E-state index contributed by atoms with van der Waals surface area (Å²) in [6.07, 6.45) is 5.06. The number of pyridine rings is 1. The number of unbranched alkanes of at least 4 members (excludes halogenated alkanes) is 1. The van der Waals surface area contributed by atoms with Crippen molar-refractivity contribution in [1.82, 2.24) is 14.2 Å². The maximum absolute atomic E-state index is 13.5. The Morgan fingerprint density at radius 2 is 2.15 bits per heavy atom. The fraction of sp³-hybridized carbons (Fsp3) is 0.500. The molecule has 0 unspecified atom stereocenters. The van der Waals surface area contributed by atoms with Gasteiger partial charge in [0.15, 0.2) is 0 Å². The molecule has 34 heavy (non-hydrogen) atoms. The van der Waals surface area contributed by atoms with Gasteiger partial charge in [0.05, 0.1) is 6.61 Å². The van der Waals surface area contributed by atoms with E-state index in [2.05, 4.69) is 28.6 Å². The predicted molar refractivity (Wildman–Crippen MR) is 133 cm³/mol. The third-order valence-electron chi connectivity index (χ3n) is 5.94. The number of benzene rings is 1. The molecule has 2 aromatic rings. The van der Waals surface area contributed by atoms with Gasteiger partial charge in [0, 0.05) is 56.0 Å². The summed E-state index contributed by atoms with van der Waals surface area (Å²) >= 11 is 0. The fourth-order valence-corrected chi connectivity index (χ4v) is 5.81. The smallest absolute Gasteiger partial charge is 0.247 e. The van der Waals surface area contributed by atoms with Gasteiger partial charge >= 0.3 is 0 Å². The zero-order chi connectivity index (χ0) is 24.7. The van der Waals surface area contributed by atoms with Gasteiger partial charge in [-0.15, -0.1) is 0 Å². The molecule has 1 N–H and O–H groups in total. The summed E-state index contributed by atoms with van der Waals surface area (Å²) < 4.78 is 34.9. The molecule has 0 aliphatic carbocycles. The Hall–Kier alpha value is -2.44. The van der Waals surface area contributed by atoms with E-state index in [-0.39, 0.29) is 30.1 Å². The SMILES string of the molecule is CCCC#Cc1ccc2c(c1)O[C@H](CN(C)Cc1cccnc1)[C@@H](C)CN([C@@H](C)CO)S2(=O)=O. The zero-order valence-electron chi connectivity index (χ0n) is 20.4. The third-order valence-corrected chi connectivity index (χ3v) is 7.96. The molecule has 0 radical (unpaired) electrons. The summed E-state index contributed by atoms with van der Waals surface area (Å²) in [5.74, 6) is 6.42. The van der Waals surface area contributed by atoms with Crippen LogP contribution < -0.4 is 4.74 Å². The summed E-state index contributed by atoms with van der Waals surface area (Å²) in [6, 6.07) is 8.41. The van der Waals surface area contributed by atoms with Crippen LogP contribution in [-0.4, -0.2) is 66.6 Å². The highest BCUT2D eigenvalue weighted by atomic mass is 32.2. The van der Waals surface area contributed by atoms with Gasteiger partial charge in [-0.3, -0.25) is 9.88 Å². The van der Waals surface area contributed by atoms with Gasteiger partial charge < -0.3 is 9.84 Å². The van der Waals surface area contributed by atoms with Gasteiger partial charge in [-0.25, -0.2) is 8.42 Å². The van der Waals surface area contributed by atoms with Crippen LogP contribution in [-0.2, 0) is 16.6 Å². The van der Waals surface area contributed by atoms with Gasteiger partial charge in [-0.05, 0) is 50.2 Å². The van der Waals surface area contributed by atoms with Crippen LogP contribution in [0.3, 0.4) is 0 Å². The Morgan fingerprint density at radius 1 is 1.35 bits per heavy atom. The van der Waals surface area contributed by atoms with Crippen molar-refractivity contribution < 1.29 is 18.3 Å². The van der Waals surface area contributed by atoms with Crippen molar-refractivity contribution in [3.05, 3.63) is 53.9 Å². The van der Waals surface area contributed by atoms with E-state index >= 15 is 0 Å². The summed E-state index contributed by atoms with van der Waals surface area (Å²) in [5, 5.41) is 9.79. The van der Waals surface area contributed by atoms with Crippen LogP contribution in [0.5, 0.6) is 5.75 Å². The van der Waals surface area contributed by atoms with Crippen LogP contribution in [0.15, 0.2) is 47.6 Å². The molecule has 0 fully saturated rings. The van der Waals surface area contributed by atoms with E-state index < -0.39 is 16.1 Å². The van der Waals surface area contributed by atoms with Gasteiger partial charge in [-0.2, -0.15) is 4.31 Å². The standard InChI is InChI=1S/C26H35N3O4S/c1-5-6-7-9-22-11-12-26-24(14-22)33-25(18-28(4)17-23-10-8-13-27-15-23)20(2)16-29(21(3)19-30)34(26,31)32/h8,10-15,20-21,25,30H,5-6,16-19H2,1-4H3/t20-,21-,25+/m0/s1. The molecular weight excluding hydrogens is 450 g/mol. The second kappa shape index (κ2) is 11.8. The highest BCUT2D eigenvalue weighted by Gasteiger charge is 2.38. The Bertz CT molecular complexity index is 1110. The van der Waals surface area contributed by atoms with Crippen molar-refractivity contribution in [3.8, 4) is 17.6 Å². The Morgan fingerprint density at radius 3 is 2.82 bits per heavy atom. The minimum absolute atomic E-state index is 0.108. The number of ether oxygens (including phenoxy) is 1. The molecule has 0 saturated heterocycles. The lowest BCUT2D eigenvalue weighted by atomic mass is 10.0. The molecule has 0 amide bonds. The second-order valence-electron chi connectivity index (χ2n) is 9.01. The first-order chi connectivity index (χ1) is 16.3. The Balaban J connectivity index is 1.97. The average Bonchev–Trinajstić information content (AvgIpc) is 2.81. The molecule has 184 valence electrons. The summed E-state index contributed by atoms with van der Waals surface area (Å²) in [4.78, 5) is 6.45. The first kappa shape index (κ1) is 26.2. The maximum Gasteiger partial charge on any atom is 0.247 e. The Kier molecular flexibility index (Phi) is 9.09. The number of hydrogen-bond acceptors (Lipinski definition) is 6. The molecule has 1 aliphatic rings. The first-order valence-corrected chi connectivity index (χ1v) is 13.2. The van der Waals surface area contributed by atoms with Crippen molar-refractivity contribution in [3.63, 3.8) is 0 Å². The minimum Gasteiger partial charge on any atom is -0.487 e. The van der Waals surface area contributed by atoms with E-state index in [1.165, 1.54) is 4.31 Å². The van der Waals surface area contributed by atoms with Crippen molar-refractivity contribution in [1.29, 1.82) is 0 Å². The molecule has 0 bridgehead atoms. The molecular formula is C26H35N3O4S. The van der Waals surface area contributed by atoms with Crippen molar-refractivity contribution in [2.45, 2.75) is 57.2 Å². The van der Waals surface area contributed by atoms with Crippen LogP contribution in [0.2, 0.25) is 0 Å². The van der Waals surface area contributed by atoms with E-state index in [0.29, 0.717) is 18.8 Å². The molecule has 3 rings (SSSR count). The number of aliphatic hydroxyl groups excluding tert-OH is 1. The van der Waals surface area contributed by atoms with Gasteiger partial charge in [0.25, 0.3) is 0 Å². The van der Waals surface area contributed by atoms with E-state index in [1.54, 1.807) is 31.3 Å². The van der Waals surface area contributed by atoms with Crippen molar-refractivity contribution >= 4 is 10.0 Å². The molecule has 7 nitrogen and oxygen atoms in total. The summed E-state index contributed by atoms with van der Waals surface area (Å²) in [6.45, 7) is 7.08. The first-order valence-electron chi connectivity index (χ1n) is 11.8. The highest BCUT2D eigenvalue weighted by Crippen LogP contribution is 2.34. The van der Waals surface area contributed by atoms with E-state index in [1.807, 2.05) is 32.3 Å². The largest absolute Gasteiger partial charge is 0.487 e. The summed E-state index contributed by atoms with van der Waals surface area (Å²) in [5.41, 5.74) is 1.82. The molecule has 1 aliphatic heterocycles. The van der Waals surface area contributed by atoms with Gasteiger partial charge in [0.1, 0.15) is 16.7 Å².